The standard InChI is InChI=1S/C19H25FN4O2/c1-19(2,3)24-11-12(9-17(24)25)18(26)21-8-4-5-16-22-14-7-6-13(20)10-15(14)23-16/h6-7,10,12H,4-5,8-9,11H2,1-3H3,(H,21,26)(H,22,23)/t12-/m1/s1. The van der Waals surface area contributed by atoms with Crippen molar-refractivity contribution in [1.29, 1.82) is 0 Å². The normalized spacial score (nSPS) is 17.9. The lowest BCUT2D eigenvalue weighted by molar-refractivity contribution is -0.132. The number of carbonyl (C=O) groups excluding carboxylic acids is 2. The Morgan fingerprint density at radius 1 is 1.42 bits per heavy atom. The van der Waals surface area contributed by atoms with Gasteiger partial charge in [0.2, 0.25) is 11.8 Å². The first-order chi connectivity index (χ1) is 12.2. The molecule has 0 spiro atoms. The number of hydrogen-bond donors (Lipinski definition) is 2. The van der Waals surface area contributed by atoms with Crippen molar-refractivity contribution < 1.29 is 14.0 Å². The van der Waals surface area contributed by atoms with Crippen LogP contribution in [0.4, 0.5) is 4.39 Å². The highest BCUT2D eigenvalue weighted by Crippen LogP contribution is 2.25. The third kappa shape index (κ3) is 4.03. The summed E-state index contributed by atoms with van der Waals surface area (Å²) >= 11 is 0. The number of imidazole rings is 1. The van der Waals surface area contributed by atoms with Gasteiger partial charge in [0, 0.05) is 31.5 Å². The van der Waals surface area contributed by atoms with Crippen molar-refractivity contribution >= 4 is 22.8 Å². The number of aromatic amines is 1. The van der Waals surface area contributed by atoms with Gasteiger partial charge in [0.15, 0.2) is 0 Å². The predicted molar refractivity (Wildman–Crippen MR) is 97.0 cm³/mol. The first-order valence-corrected chi connectivity index (χ1v) is 8.96. The quantitative estimate of drug-likeness (QED) is 0.804. The van der Waals surface area contributed by atoms with Gasteiger partial charge in [0.1, 0.15) is 11.6 Å². The molecule has 0 aliphatic carbocycles. The van der Waals surface area contributed by atoms with Gasteiger partial charge < -0.3 is 15.2 Å². The molecule has 0 radical (unpaired) electrons. The summed E-state index contributed by atoms with van der Waals surface area (Å²) in [5.41, 5.74) is 1.15. The molecule has 2 amide bonds. The highest BCUT2D eigenvalue weighted by atomic mass is 19.1. The number of nitrogens with one attached hydrogen (secondary N) is 2. The molecule has 3 rings (SSSR count). The molecular formula is C19H25FN4O2. The van der Waals surface area contributed by atoms with Crippen LogP contribution in [0.25, 0.3) is 11.0 Å². The summed E-state index contributed by atoms with van der Waals surface area (Å²) in [5.74, 6) is 0.157. The number of hydrogen-bond acceptors (Lipinski definition) is 3. The summed E-state index contributed by atoms with van der Waals surface area (Å²) in [6, 6.07) is 4.45. The maximum atomic E-state index is 13.2. The van der Waals surface area contributed by atoms with Gasteiger partial charge in [-0.2, -0.15) is 0 Å². The lowest BCUT2D eigenvalue weighted by Crippen LogP contribution is -2.43. The fourth-order valence-corrected chi connectivity index (χ4v) is 3.30. The Morgan fingerprint density at radius 2 is 2.19 bits per heavy atom. The molecule has 0 unspecified atom stereocenters. The Labute approximate surface area is 152 Å². The molecule has 1 aromatic heterocycles. The van der Waals surface area contributed by atoms with Gasteiger partial charge in [-0.25, -0.2) is 9.37 Å². The monoisotopic (exact) mass is 360 g/mol. The predicted octanol–water partition coefficient (Wildman–Crippen LogP) is 2.40. The van der Waals surface area contributed by atoms with Crippen LogP contribution in [-0.2, 0) is 16.0 Å². The molecule has 0 saturated carbocycles. The molecule has 140 valence electrons. The Hall–Kier alpha value is -2.44. The van der Waals surface area contributed by atoms with Gasteiger partial charge in [-0.1, -0.05) is 0 Å². The second kappa shape index (κ2) is 7.05. The van der Waals surface area contributed by atoms with Gasteiger partial charge in [-0.05, 0) is 45.4 Å². The van der Waals surface area contributed by atoms with Gasteiger partial charge in [-0.3, -0.25) is 9.59 Å². The number of aryl methyl sites for hydroxylation is 1. The van der Waals surface area contributed by atoms with Crippen molar-refractivity contribution in [2.24, 2.45) is 5.92 Å². The fourth-order valence-electron chi connectivity index (χ4n) is 3.30. The molecule has 26 heavy (non-hydrogen) atoms. The van der Waals surface area contributed by atoms with E-state index in [2.05, 4.69) is 15.3 Å². The van der Waals surface area contributed by atoms with Crippen LogP contribution in [0.5, 0.6) is 0 Å². The molecule has 1 aliphatic rings. The van der Waals surface area contributed by atoms with E-state index in [4.69, 9.17) is 0 Å². The van der Waals surface area contributed by atoms with E-state index in [0.29, 0.717) is 25.0 Å². The molecule has 6 nitrogen and oxygen atoms in total. The van der Waals surface area contributed by atoms with E-state index < -0.39 is 0 Å². The fraction of sp³-hybridized carbons (Fsp3) is 0.526. The Kier molecular flexibility index (Phi) is 4.98. The molecule has 2 aromatic rings. The third-order valence-electron chi connectivity index (χ3n) is 4.69. The second-order valence-corrected chi connectivity index (χ2v) is 7.82. The van der Waals surface area contributed by atoms with E-state index in [1.54, 1.807) is 11.0 Å². The highest BCUT2D eigenvalue weighted by Gasteiger charge is 2.39. The topological polar surface area (TPSA) is 78.1 Å². The SMILES string of the molecule is CC(C)(C)N1C[C@H](C(=O)NCCCc2nc3ccc(F)cc3[nH]2)CC1=O. The van der Waals surface area contributed by atoms with Crippen LogP contribution in [0.2, 0.25) is 0 Å². The van der Waals surface area contributed by atoms with Crippen LogP contribution in [0.3, 0.4) is 0 Å². The number of halogens is 1. The zero-order valence-electron chi connectivity index (χ0n) is 15.4. The van der Waals surface area contributed by atoms with Crippen LogP contribution in [0.15, 0.2) is 18.2 Å². The zero-order valence-corrected chi connectivity index (χ0v) is 15.4. The first kappa shape index (κ1) is 18.4. The van der Waals surface area contributed by atoms with Gasteiger partial charge >= 0.3 is 0 Å². The lowest BCUT2D eigenvalue weighted by Gasteiger charge is -2.31. The molecule has 1 aromatic carbocycles. The second-order valence-electron chi connectivity index (χ2n) is 7.82. The highest BCUT2D eigenvalue weighted by molar-refractivity contribution is 5.89. The number of nitrogens with zero attached hydrogens (tertiary/aromatic N) is 2. The van der Waals surface area contributed by atoms with E-state index in [1.165, 1.54) is 12.1 Å². The molecule has 0 bridgehead atoms. The van der Waals surface area contributed by atoms with E-state index in [1.807, 2.05) is 20.8 Å². The van der Waals surface area contributed by atoms with Crippen LogP contribution in [-0.4, -0.2) is 45.3 Å². The lowest BCUT2D eigenvalue weighted by atomic mass is 10.1. The molecule has 1 fully saturated rings. The van der Waals surface area contributed by atoms with E-state index in [9.17, 15) is 14.0 Å². The van der Waals surface area contributed by atoms with Crippen molar-refractivity contribution in [3.05, 3.63) is 29.8 Å². The summed E-state index contributed by atoms with van der Waals surface area (Å²) in [5, 5.41) is 2.91. The average molecular weight is 360 g/mol. The maximum absolute atomic E-state index is 13.2. The smallest absolute Gasteiger partial charge is 0.225 e. The van der Waals surface area contributed by atoms with Crippen molar-refractivity contribution in [3.63, 3.8) is 0 Å². The molecular weight excluding hydrogens is 335 g/mol. The van der Waals surface area contributed by atoms with Crippen LogP contribution in [0.1, 0.15) is 39.4 Å². The summed E-state index contributed by atoms with van der Waals surface area (Å²) in [4.78, 5) is 33.6. The Bertz CT molecular complexity index is 825. The number of likely N-dealkylation sites (tertiary alicyclic amines) is 1. The summed E-state index contributed by atoms with van der Waals surface area (Å²) < 4.78 is 13.2. The van der Waals surface area contributed by atoms with Gasteiger partial charge in [0.25, 0.3) is 0 Å². The molecule has 2 N–H and O–H groups in total. The number of H-pyrrole nitrogens is 1. The number of amides is 2. The number of fused-ring (bicyclic) bond motifs is 1. The minimum Gasteiger partial charge on any atom is -0.356 e. The molecule has 1 atom stereocenters. The summed E-state index contributed by atoms with van der Waals surface area (Å²) in [7, 11) is 0. The van der Waals surface area contributed by atoms with Crippen LogP contribution in [0, 0.1) is 11.7 Å². The molecule has 1 saturated heterocycles. The number of aromatic nitrogens is 2. The minimum atomic E-state index is -0.296. The van der Waals surface area contributed by atoms with Crippen LogP contribution < -0.4 is 5.32 Å². The molecule has 1 aliphatic heterocycles. The van der Waals surface area contributed by atoms with E-state index >= 15 is 0 Å². The Balaban J connectivity index is 1.46. The number of rotatable bonds is 5. The van der Waals surface area contributed by atoms with Gasteiger partial charge in [-0.15, -0.1) is 0 Å². The van der Waals surface area contributed by atoms with Crippen molar-refractivity contribution in [2.45, 2.75) is 45.6 Å². The number of benzene rings is 1. The van der Waals surface area contributed by atoms with E-state index in [0.717, 1.165) is 17.8 Å². The number of carbonyl (C=O) groups is 2. The van der Waals surface area contributed by atoms with E-state index in [-0.39, 0.29) is 35.5 Å². The average Bonchev–Trinajstić information content (AvgIpc) is 3.13. The molecule has 2 heterocycles. The minimum absolute atomic E-state index is 0.0344. The summed E-state index contributed by atoms with van der Waals surface area (Å²) in [6.45, 7) is 6.92. The first-order valence-electron chi connectivity index (χ1n) is 8.96. The van der Waals surface area contributed by atoms with Crippen molar-refractivity contribution in [1.82, 2.24) is 20.2 Å². The summed E-state index contributed by atoms with van der Waals surface area (Å²) in [6.07, 6.45) is 1.66. The van der Waals surface area contributed by atoms with Crippen molar-refractivity contribution in [3.8, 4) is 0 Å². The van der Waals surface area contributed by atoms with Crippen LogP contribution >= 0.6 is 0 Å². The van der Waals surface area contributed by atoms with Crippen molar-refractivity contribution in [2.75, 3.05) is 13.1 Å². The Morgan fingerprint density at radius 3 is 2.88 bits per heavy atom. The third-order valence-corrected chi connectivity index (χ3v) is 4.69. The van der Waals surface area contributed by atoms with Gasteiger partial charge in [0.05, 0.1) is 17.0 Å². The molecule has 7 heteroatoms. The zero-order chi connectivity index (χ0) is 18.9. The maximum Gasteiger partial charge on any atom is 0.225 e. The largest absolute Gasteiger partial charge is 0.356 e.